The molecule has 0 amide bonds. The summed E-state index contributed by atoms with van der Waals surface area (Å²) in [5.41, 5.74) is 2.82. The van der Waals surface area contributed by atoms with Crippen LogP contribution >= 0.6 is 11.6 Å². The predicted octanol–water partition coefficient (Wildman–Crippen LogP) is 5.33. The van der Waals surface area contributed by atoms with Crippen molar-refractivity contribution in [2.75, 3.05) is 44.8 Å². The summed E-state index contributed by atoms with van der Waals surface area (Å²) in [6.45, 7) is 8.27. The number of nitrogens with zero attached hydrogens (tertiary/aromatic N) is 5. The van der Waals surface area contributed by atoms with Crippen LogP contribution < -0.4 is 14.4 Å². The zero-order valence-electron chi connectivity index (χ0n) is 24.8. The minimum Gasteiger partial charge on any atom is -0.464 e. The van der Waals surface area contributed by atoms with Gasteiger partial charge in [0.15, 0.2) is 22.8 Å². The number of carbonyl (C=O) groups is 1. The second-order valence-corrected chi connectivity index (χ2v) is 11.9. The molecule has 5 heterocycles. The van der Waals surface area contributed by atoms with Crippen LogP contribution in [0.2, 0.25) is 5.02 Å². The van der Waals surface area contributed by atoms with Gasteiger partial charge in [0.2, 0.25) is 0 Å². The third-order valence-corrected chi connectivity index (χ3v) is 8.99. The Morgan fingerprint density at radius 1 is 1.14 bits per heavy atom. The van der Waals surface area contributed by atoms with Crippen LogP contribution in [0.3, 0.4) is 0 Å². The van der Waals surface area contributed by atoms with Gasteiger partial charge in [0.1, 0.15) is 17.2 Å². The molecule has 4 aromatic rings. The minimum absolute atomic E-state index is 0.00903. The number of aromatic nitrogens is 3. The average Bonchev–Trinajstić information content (AvgIpc) is 3.55. The zero-order valence-corrected chi connectivity index (χ0v) is 25.5. The van der Waals surface area contributed by atoms with Gasteiger partial charge in [-0.1, -0.05) is 17.7 Å². The Hall–Kier alpha value is -3.93. The normalized spacial score (nSPS) is 22.2. The Balaban J connectivity index is 1.10. The number of para-hydroxylation sites is 1. The maximum Gasteiger partial charge on any atom is 0.356 e. The summed E-state index contributed by atoms with van der Waals surface area (Å²) in [6, 6.07) is 13.7. The lowest BCUT2D eigenvalue weighted by Gasteiger charge is -2.39. The van der Waals surface area contributed by atoms with Gasteiger partial charge >= 0.3 is 5.97 Å². The first-order valence-electron chi connectivity index (χ1n) is 14.8. The molecule has 2 fully saturated rings. The molecule has 0 aliphatic carbocycles. The highest BCUT2D eigenvalue weighted by atomic mass is 35.5. The number of anilines is 1. The van der Waals surface area contributed by atoms with Crippen LogP contribution in [0.5, 0.6) is 11.5 Å². The summed E-state index contributed by atoms with van der Waals surface area (Å²) in [7, 11) is 1.35. The summed E-state index contributed by atoms with van der Waals surface area (Å²) >= 11 is 5.98. The van der Waals surface area contributed by atoms with Crippen LogP contribution in [0.1, 0.15) is 48.2 Å². The first-order valence-corrected chi connectivity index (χ1v) is 15.1. The number of hydrogen-bond acceptors (Lipinski definition) is 9. The van der Waals surface area contributed by atoms with Crippen molar-refractivity contribution in [2.45, 2.75) is 44.7 Å². The number of halogens is 2. The van der Waals surface area contributed by atoms with Gasteiger partial charge in [-0.15, -0.1) is 0 Å². The molecule has 7 rings (SSSR count). The van der Waals surface area contributed by atoms with E-state index in [9.17, 15) is 9.18 Å². The van der Waals surface area contributed by atoms with Crippen molar-refractivity contribution in [3.63, 3.8) is 0 Å². The molecular formula is C32H33ClFN5O5. The maximum atomic E-state index is 14.8. The fourth-order valence-corrected chi connectivity index (χ4v) is 6.37. The van der Waals surface area contributed by atoms with E-state index in [0.717, 1.165) is 56.2 Å². The first kappa shape index (κ1) is 28.8. The molecule has 0 N–H and O–H groups in total. The number of pyridine rings is 1. The number of carbonyl (C=O) groups excluding carboxylic acids is 1. The van der Waals surface area contributed by atoms with Crippen LogP contribution in [-0.4, -0.2) is 71.4 Å². The van der Waals surface area contributed by atoms with E-state index in [1.807, 2.05) is 24.3 Å². The van der Waals surface area contributed by atoms with Gasteiger partial charge in [0.25, 0.3) is 5.79 Å². The minimum atomic E-state index is -1.31. The molecule has 3 aliphatic rings. The number of rotatable bonds is 7. The predicted molar refractivity (Wildman–Crippen MR) is 162 cm³/mol. The standard InChI is InChI=1S/C32H33ClFN5O5/c1-19(29-35-24-9-10-25(31(40)41-3)36-30(24)39(29)18-21-11-16-42-21)37-12-14-38(15-13-37)26-5-4-6-27-28(26)44-32(2,43-27)22-8-7-20(33)17-23(22)34/h4-10,17,19,21H,11-16,18H2,1-3H3/t19-,21-,32?/m0/s1. The molecule has 12 heteroatoms. The lowest BCUT2D eigenvalue weighted by Crippen LogP contribution is -2.47. The first-order chi connectivity index (χ1) is 21.2. The fraction of sp³-hybridized carbons (Fsp3) is 0.406. The molecule has 3 atom stereocenters. The SMILES string of the molecule is COC(=O)c1ccc2nc([C@H](C)N3CCN(c4cccc5c4OC(C)(c4ccc(Cl)cc4F)O5)CC3)n(C[C@@H]3CCO3)c2n1. The van der Waals surface area contributed by atoms with Crippen LogP contribution in [0.4, 0.5) is 10.1 Å². The highest BCUT2D eigenvalue weighted by Crippen LogP contribution is 2.50. The number of hydrogen-bond donors (Lipinski definition) is 0. The van der Waals surface area contributed by atoms with Crippen LogP contribution in [0, 0.1) is 5.82 Å². The molecule has 44 heavy (non-hydrogen) atoms. The van der Waals surface area contributed by atoms with E-state index in [-0.39, 0.29) is 23.4 Å². The molecule has 1 unspecified atom stereocenters. The highest BCUT2D eigenvalue weighted by molar-refractivity contribution is 6.30. The van der Waals surface area contributed by atoms with Crippen molar-refractivity contribution in [2.24, 2.45) is 0 Å². The molecule has 10 nitrogen and oxygen atoms in total. The Kier molecular flexibility index (Phi) is 7.34. The van der Waals surface area contributed by atoms with E-state index in [1.165, 1.54) is 13.2 Å². The lowest BCUT2D eigenvalue weighted by atomic mass is 10.1. The van der Waals surface area contributed by atoms with Crippen molar-refractivity contribution in [1.82, 2.24) is 19.4 Å². The van der Waals surface area contributed by atoms with E-state index < -0.39 is 17.6 Å². The van der Waals surface area contributed by atoms with Gasteiger partial charge in [0, 0.05) is 44.7 Å². The van der Waals surface area contributed by atoms with E-state index in [0.29, 0.717) is 28.7 Å². The molecular weight excluding hydrogens is 589 g/mol. The van der Waals surface area contributed by atoms with Gasteiger partial charge in [-0.3, -0.25) is 4.90 Å². The quantitative estimate of drug-likeness (QED) is 0.254. The molecule has 2 aromatic carbocycles. The third kappa shape index (κ3) is 5.02. The Morgan fingerprint density at radius 2 is 1.93 bits per heavy atom. The average molecular weight is 622 g/mol. The van der Waals surface area contributed by atoms with Crippen LogP contribution in [0.15, 0.2) is 48.5 Å². The summed E-state index contributed by atoms with van der Waals surface area (Å²) in [5, 5.41) is 0.312. The molecule has 0 spiro atoms. The van der Waals surface area contributed by atoms with Gasteiger partial charge in [-0.25, -0.2) is 19.2 Å². The maximum absolute atomic E-state index is 14.8. The number of fused-ring (bicyclic) bond motifs is 2. The number of ether oxygens (including phenoxy) is 4. The molecule has 2 aromatic heterocycles. The summed E-state index contributed by atoms with van der Waals surface area (Å²) in [6.07, 6.45) is 1.06. The molecule has 0 radical (unpaired) electrons. The summed E-state index contributed by atoms with van der Waals surface area (Å²) in [4.78, 5) is 26.5. The van der Waals surface area contributed by atoms with E-state index in [1.54, 1.807) is 25.1 Å². The molecule has 230 valence electrons. The van der Waals surface area contributed by atoms with E-state index in [4.69, 9.17) is 35.5 Å². The van der Waals surface area contributed by atoms with Gasteiger partial charge in [-0.05, 0) is 55.8 Å². The number of piperazine rings is 1. The summed E-state index contributed by atoms with van der Waals surface area (Å²) < 4.78 is 40.1. The second kappa shape index (κ2) is 11.2. The fourth-order valence-electron chi connectivity index (χ4n) is 6.21. The highest BCUT2D eigenvalue weighted by Gasteiger charge is 2.43. The van der Waals surface area contributed by atoms with Crippen LogP contribution in [-0.2, 0) is 21.8 Å². The van der Waals surface area contributed by atoms with Crippen molar-refractivity contribution in [1.29, 1.82) is 0 Å². The van der Waals surface area contributed by atoms with Gasteiger partial charge in [0.05, 0.1) is 37.1 Å². The number of imidazole rings is 1. The Bertz CT molecular complexity index is 1740. The molecule has 3 aliphatic heterocycles. The van der Waals surface area contributed by atoms with Gasteiger partial charge in [-0.2, -0.15) is 0 Å². The van der Waals surface area contributed by atoms with Gasteiger partial charge < -0.3 is 28.4 Å². The topological polar surface area (TPSA) is 91.2 Å². The second-order valence-electron chi connectivity index (χ2n) is 11.5. The van der Waals surface area contributed by atoms with Crippen molar-refractivity contribution >= 4 is 34.4 Å². The monoisotopic (exact) mass is 621 g/mol. The smallest absolute Gasteiger partial charge is 0.356 e. The Labute approximate surface area is 259 Å². The van der Waals surface area contributed by atoms with Crippen molar-refractivity contribution < 1.29 is 28.1 Å². The Morgan fingerprint density at radius 3 is 2.64 bits per heavy atom. The number of benzene rings is 2. The molecule has 2 saturated heterocycles. The number of esters is 1. The van der Waals surface area contributed by atoms with Crippen molar-refractivity contribution in [3.8, 4) is 11.5 Å². The number of methoxy groups -OCH3 is 1. The molecule has 0 saturated carbocycles. The summed E-state index contributed by atoms with van der Waals surface area (Å²) in [5.74, 6) is -0.221. The zero-order chi connectivity index (χ0) is 30.6. The van der Waals surface area contributed by atoms with Crippen LogP contribution in [0.25, 0.3) is 11.2 Å². The third-order valence-electron chi connectivity index (χ3n) is 8.75. The van der Waals surface area contributed by atoms with E-state index >= 15 is 0 Å². The lowest BCUT2D eigenvalue weighted by molar-refractivity contribution is -0.0705. The van der Waals surface area contributed by atoms with E-state index in [2.05, 4.69) is 26.3 Å². The van der Waals surface area contributed by atoms with Crippen molar-refractivity contribution in [3.05, 3.63) is 76.5 Å². The largest absolute Gasteiger partial charge is 0.464 e. The molecule has 0 bridgehead atoms.